The van der Waals surface area contributed by atoms with Crippen LogP contribution < -0.4 is 0 Å². The summed E-state index contributed by atoms with van der Waals surface area (Å²) >= 11 is 0. The first kappa shape index (κ1) is 18.4. The summed E-state index contributed by atoms with van der Waals surface area (Å²) in [5.41, 5.74) is 4.98. The highest BCUT2D eigenvalue weighted by molar-refractivity contribution is 6.72. The van der Waals surface area contributed by atoms with Crippen molar-refractivity contribution in [1.29, 1.82) is 0 Å². The number of rotatable bonds is 6. The Hall–Kier alpha value is -2.42. The molecule has 132 valence electrons. The van der Waals surface area contributed by atoms with Crippen molar-refractivity contribution in [3.05, 3.63) is 113 Å². The van der Waals surface area contributed by atoms with Crippen LogP contribution in [0.15, 0.2) is 96.6 Å². The van der Waals surface area contributed by atoms with Gasteiger partial charge in [0.15, 0.2) is 8.32 Å². The smallest absolute Gasteiger partial charge is 0.193 e. The van der Waals surface area contributed by atoms with Crippen LogP contribution in [0.25, 0.3) is 6.08 Å². The Bertz CT molecular complexity index is 834. The molecular formula is C24H26OSi. The third kappa shape index (κ3) is 4.81. The van der Waals surface area contributed by atoms with E-state index >= 15 is 0 Å². The van der Waals surface area contributed by atoms with Crippen molar-refractivity contribution < 1.29 is 4.80 Å². The van der Waals surface area contributed by atoms with Gasteiger partial charge in [0.2, 0.25) is 0 Å². The predicted octanol–water partition coefficient (Wildman–Crippen LogP) is 5.83. The maximum absolute atomic E-state index is 11.2. The maximum Gasteiger partial charge on any atom is 0.193 e. The minimum absolute atomic E-state index is 0.0594. The molecule has 0 aliphatic rings. The van der Waals surface area contributed by atoms with Gasteiger partial charge in [-0.05, 0) is 36.2 Å². The van der Waals surface area contributed by atoms with Crippen molar-refractivity contribution in [3.8, 4) is 0 Å². The molecule has 1 atom stereocenters. The first-order valence-corrected chi connectivity index (χ1v) is 12.1. The zero-order valence-electron chi connectivity index (χ0n) is 15.5. The van der Waals surface area contributed by atoms with E-state index in [-0.39, 0.29) is 5.54 Å². The first-order valence-electron chi connectivity index (χ1n) is 9.11. The fraction of sp³-hybridized carbons (Fsp3) is 0.167. The van der Waals surface area contributed by atoms with E-state index in [4.69, 9.17) is 0 Å². The van der Waals surface area contributed by atoms with Crippen LogP contribution in [0.5, 0.6) is 0 Å². The number of benzene rings is 3. The average molecular weight is 359 g/mol. The number of hydrogen-bond donors (Lipinski definition) is 1. The molecule has 3 aromatic rings. The van der Waals surface area contributed by atoms with Crippen molar-refractivity contribution in [2.75, 3.05) is 0 Å². The summed E-state index contributed by atoms with van der Waals surface area (Å²) in [6, 6.07) is 31.4. The van der Waals surface area contributed by atoms with E-state index in [0.29, 0.717) is 0 Å². The van der Waals surface area contributed by atoms with Crippen LogP contribution in [0.2, 0.25) is 13.1 Å². The molecule has 0 aliphatic heterocycles. The van der Waals surface area contributed by atoms with Crippen LogP contribution in [0, 0.1) is 0 Å². The van der Waals surface area contributed by atoms with Crippen molar-refractivity contribution in [3.63, 3.8) is 0 Å². The van der Waals surface area contributed by atoms with Gasteiger partial charge in [-0.25, -0.2) is 0 Å². The van der Waals surface area contributed by atoms with Gasteiger partial charge in [-0.3, -0.25) is 0 Å². The van der Waals surface area contributed by atoms with Crippen LogP contribution in [-0.2, 0) is 6.42 Å². The maximum atomic E-state index is 11.2. The van der Waals surface area contributed by atoms with Gasteiger partial charge in [0, 0.05) is 5.54 Å². The summed E-state index contributed by atoms with van der Waals surface area (Å²) in [6.45, 7) is 4.07. The third-order valence-corrected chi connectivity index (χ3v) is 6.73. The summed E-state index contributed by atoms with van der Waals surface area (Å²) in [6.07, 6.45) is 3.10. The van der Waals surface area contributed by atoms with Gasteiger partial charge in [0.1, 0.15) is 0 Å². The summed E-state index contributed by atoms with van der Waals surface area (Å²) in [7, 11) is -2.47. The van der Waals surface area contributed by atoms with Crippen molar-refractivity contribution in [1.82, 2.24) is 0 Å². The monoisotopic (exact) mass is 358 g/mol. The predicted molar refractivity (Wildman–Crippen MR) is 113 cm³/mol. The molecule has 0 saturated heterocycles. The van der Waals surface area contributed by atoms with E-state index in [1.165, 1.54) is 22.3 Å². The highest BCUT2D eigenvalue weighted by atomic mass is 28.4. The van der Waals surface area contributed by atoms with Gasteiger partial charge in [-0.2, -0.15) is 0 Å². The lowest BCUT2D eigenvalue weighted by molar-refractivity contribution is 0.535. The molecule has 1 unspecified atom stereocenters. The molecule has 0 amide bonds. The molecule has 0 fully saturated rings. The zero-order chi connectivity index (χ0) is 18.4. The minimum atomic E-state index is -2.47. The highest BCUT2D eigenvalue weighted by Crippen LogP contribution is 2.35. The Kier molecular flexibility index (Phi) is 5.87. The molecule has 0 aromatic heterocycles. The van der Waals surface area contributed by atoms with E-state index in [2.05, 4.69) is 78.9 Å². The minimum Gasteiger partial charge on any atom is -0.431 e. The quantitative estimate of drug-likeness (QED) is 0.549. The molecule has 26 heavy (non-hydrogen) atoms. The molecule has 0 spiro atoms. The fourth-order valence-corrected chi connectivity index (χ4v) is 5.65. The molecule has 0 bridgehead atoms. The van der Waals surface area contributed by atoms with E-state index in [1.54, 1.807) is 0 Å². The van der Waals surface area contributed by atoms with Gasteiger partial charge in [0.25, 0.3) is 0 Å². The van der Waals surface area contributed by atoms with Crippen LogP contribution in [0.3, 0.4) is 0 Å². The number of allylic oxidation sites excluding steroid dienone is 1. The third-order valence-electron chi connectivity index (χ3n) is 4.61. The van der Waals surface area contributed by atoms with Gasteiger partial charge in [-0.15, -0.1) is 0 Å². The lowest BCUT2D eigenvalue weighted by atomic mass is 9.95. The molecule has 0 saturated carbocycles. The zero-order valence-corrected chi connectivity index (χ0v) is 16.5. The molecule has 0 radical (unpaired) electrons. The van der Waals surface area contributed by atoms with Crippen molar-refractivity contribution >= 4 is 14.4 Å². The van der Waals surface area contributed by atoms with E-state index in [9.17, 15) is 4.80 Å². The largest absolute Gasteiger partial charge is 0.431 e. The van der Waals surface area contributed by atoms with Crippen molar-refractivity contribution in [2.45, 2.75) is 25.1 Å². The Labute approximate surface area is 157 Å². The van der Waals surface area contributed by atoms with Gasteiger partial charge < -0.3 is 4.80 Å². The molecular weight excluding hydrogens is 332 g/mol. The van der Waals surface area contributed by atoms with Crippen LogP contribution in [-0.4, -0.2) is 13.1 Å². The molecule has 1 nitrogen and oxygen atoms in total. The summed E-state index contributed by atoms with van der Waals surface area (Å²) < 4.78 is 0. The Morgan fingerprint density at radius 1 is 0.808 bits per heavy atom. The lowest BCUT2D eigenvalue weighted by Gasteiger charge is -2.30. The SMILES string of the molecule is C[Si](C)(O)C(/C(=C\c1ccccc1)Cc1ccccc1)c1ccccc1. The molecule has 3 rings (SSSR count). The molecule has 2 heteroatoms. The molecule has 0 aliphatic carbocycles. The van der Waals surface area contributed by atoms with Crippen LogP contribution >= 0.6 is 0 Å². The van der Waals surface area contributed by atoms with Gasteiger partial charge in [-0.1, -0.05) is 103 Å². The van der Waals surface area contributed by atoms with Crippen LogP contribution in [0.4, 0.5) is 0 Å². The number of hydrogen-bond acceptors (Lipinski definition) is 1. The van der Waals surface area contributed by atoms with E-state index in [1.807, 2.05) is 31.3 Å². The Morgan fingerprint density at radius 2 is 1.31 bits per heavy atom. The topological polar surface area (TPSA) is 20.2 Å². The Morgan fingerprint density at radius 3 is 1.85 bits per heavy atom. The molecule has 3 aromatic carbocycles. The second-order valence-electron chi connectivity index (χ2n) is 7.29. The molecule has 1 N–H and O–H groups in total. The summed E-state index contributed by atoms with van der Waals surface area (Å²) in [4.78, 5) is 11.2. The van der Waals surface area contributed by atoms with Crippen LogP contribution in [0.1, 0.15) is 22.2 Å². The standard InChI is InChI=1S/C24H26OSi/c1-26(2,25)24(22-16-10-5-11-17-22)23(18-20-12-6-3-7-13-20)19-21-14-8-4-9-15-21/h3-18,24-25H,19H2,1-2H3/b23-18-. The second-order valence-corrected chi connectivity index (χ2v) is 11.2. The lowest BCUT2D eigenvalue weighted by Crippen LogP contribution is -2.36. The fourth-order valence-electron chi connectivity index (χ4n) is 3.55. The Balaban J connectivity index is 2.09. The van der Waals surface area contributed by atoms with Gasteiger partial charge in [0.05, 0.1) is 0 Å². The highest BCUT2D eigenvalue weighted by Gasteiger charge is 2.34. The summed E-state index contributed by atoms with van der Waals surface area (Å²) in [5.74, 6) is 0. The van der Waals surface area contributed by atoms with Gasteiger partial charge >= 0.3 is 0 Å². The van der Waals surface area contributed by atoms with E-state index < -0.39 is 8.32 Å². The first-order chi connectivity index (χ1) is 12.5. The second kappa shape index (κ2) is 8.30. The molecule has 0 heterocycles. The average Bonchev–Trinajstić information content (AvgIpc) is 2.63. The van der Waals surface area contributed by atoms with Crippen molar-refractivity contribution in [2.24, 2.45) is 0 Å². The normalized spacial score (nSPS) is 13.4. The summed E-state index contributed by atoms with van der Waals surface area (Å²) in [5, 5.41) is 0. The van der Waals surface area contributed by atoms with E-state index in [0.717, 1.165) is 6.42 Å².